The van der Waals surface area contributed by atoms with E-state index in [1.807, 2.05) is 0 Å². The number of aromatic hydroxyl groups is 2. The van der Waals surface area contributed by atoms with Gasteiger partial charge in [0.2, 0.25) is 11.6 Å². The summed E-state index contributed by atoms with van der Waals surface area (Å²) in [6.45, 7) is 0. The first-order valence-electron chi connectivity index (χ1n) is 5.21. The minimum absolute atomic E-state index is 1.01. The Morgan fingerprint density at radius 2 is 0.773 bits per heavy atom. The molecule has 0 fully saturated rings. The van der Waals surface area contributed by atoms with E-state index >= 15 is 0 Å². The van der Waals surface area contributed by atoms with Crippen molar-refractivity contribution >= 4 is 31.9 Å². The molecule has 2 aromatic rings. The molecule has 10 heteroatoms. The first kappa shape index (κ1) is 16.9. The summed E-state index contributed by atoms with van der Waals surface area (Å²) >= 11 is 4.76. The van der Waals surface area contributed by atoms with E-state index in [1.54, 1.807) is 0 Å². The normalized spacial score (nSPS) is 11.1. The summed E-state index contributed by atoms with van der Waals surface area (Å²) in [7, 11) is 0. The van der Waals surface area contributed by atoms with Gasteiger partial charge in [-0.3, -0.25) is 0 Å². The van der Waals surface area contributed by atoms with Crippen molar-refractivity contribution in [2.24, 2.45) is 0 Å². The number of hydrogen-bond acceptors (Lipinski definition) is 2. The van der Waals surface area contributed by atoms with Crippen molar-refractivity contribution in [3.63, 3.8) is 0 Å². The molecule has 2 N–H and O–H groups in total. The van der Waals surface area contributed by atoms with Gasteiger partial charge in [-0.1, -0.05) is 0 Å². The van der Waals surface area contributed by atoms with Crippen LogP contribution >= 0.6 is 31.9 Å². The van der Waals surface area contributed by atoms with E-state index in [-0.39, 0.29) is 0 Å². The van der Waals surface area contributed by atoms with Crippen molar-refractivity contribution in [2.45, 2.75) is 0 Å². The second-order valence-electron chi connectivity index (χ2n) is 3.96. The molecule has 0 unspecified atom stereocenters. The largest absolute Gasteiger partial charge is 0.504 e. The van der Waals surface area contributed by atoms with Crippen molar-refractivity contribution in [3.05, 3.63) is 43.8 Å². The van der Waals surface area contributed by atoms with E-state index in [9.17, 15) is 26.3 Å². The summed E-state index contributed by atoms with van der Waals surface area (Å²) in [5.41, 5.74) is -3.17. The van der Waals surface area contributed by atoms with Gasteiger partial charge in [-0.2, -0.15) is 8.78 Å². The minimum Gasteiger partial charge on any atom is -0.504 e. The molecule has 0 aliphatic rings. The first-order valence-corrected chi connectivity index (χ1v) is 6.80. The van der Waals surface area contributed by atoms with Crippen molar-refractivity contribution in [2.75, 3.05) is 0 Å². The molecular weight excluding hydrogens is 450 g/mol. The summed E-state index contributed by atoms with van der Waals surface area (Å²) in [5.74, 6) is -14.7. The average Bonchev–Trinajstić information content (AvgIpc) is 2.50. The molecule has 0 bridgehead atoms. The zero-order valence-electron chi connectivity index (χ0n) is 9.92. The van der Waals surface area contributed by atoms with Crippen LogP contribution in [0.4, 0.5) is 26.3 Å². The molecule has 0 radical (unpaired) electrons. The fraction of sp³-hybridized carbons (Fsp3) is 0. The minimum atomic E-state index is -2.13. The van der Waals surface area contributed by atoms with E-state index in [0.29, 0.717) is 0 Å². The van der Waals surface area contributed by atoms with Gasteiger partial charge in [0.1, 0.15) is 0 Å². The number of rotatable bonds is 1. The molecule has 0 aliphatic carbocycles. The molecule has 0 saturated carbocycles. The lowest BCUT2D eigenvalue weighted by Crippen LogP contribution is -2.04. The maximum atomic E-state index is 14.0. The van der Waals surface area contributed by atoms with Crippen LogP contribution in [-0.4, -0.2) is 10.2 Å². The van der Waals surface area contributed by atoms with Crippen LogP contribution in [-0.2, 0) is 0 Å². The topological polar surface area (TPSA) is 40.5 Å². The third-order valence-electron chi connectivity index (χ3n) is 2.73. The Morgan fingerprint density at radius 1 is 0.500 bits per heavy atom. The Balaban J connectivity index is 3.03. The fourth-order valence-corrected chi connectivity index (χ4v) is 2.42. The summed E-state index contributed by atoms with van der Waals surface area (Å²) in [5, 5.41) is 18.2. The Kier molecular flexibility index (Phi) is 4.35. The predicted molar refractivity (Wildman–Crippen MR) is 70.4 cm³/mol. The molecule has 118 valence electrons. The van der Waals surface area contributed by atoms with Crippen LogP contribution in [0.5, 0.6) is 11.5 Å². The van der Waals surface area contributed by atoms with Crippen LogP contribution < -0.4 is 0 Å². The lowest BCUT2D eigenvalue weighted by molar-refractivity contribution is 0.390. The zero-order valence-corrected chi connectivity index (χ0v) is 13.1. The van der Waals surface area contributed by atoms with Gasteiger partial charge in [-0.15, -0.1) is 0 Å². The van der Waals surface area contributed by atoms with E-state index < -0.39 is 66.5 Å². The second kappa shape index (κ2) is 5.65. The number of halogens is 8. The highest BCUT2D eigenvalue weighted by molar-refractivity contribution is 9.11. The van der Waals surface area contributed by atoms with E-state index in [0.717, 1.165) is 0 Å². The van der Waals surface area contributed by atoms with E-state index in [1.165, 1.54) is 0 Å². The van der Waals surface area contributed by atoms with Gasteiger partial charge in [-0.05, 0) is 31.9 Å². The highest BCUT2D eigenvalue weighted by atomic mass is 79.9. The van der Waals surface area contributed by atoms with Crippen LogP contribution in [0.3, 0.4) is 0 Å². The van der Waals surface area contributed by atoms with Gasteiger partial charge in [0.15, 0.2) is 34.8 Å². The van der Waals surface area contributed by atoms with Crippen molar-refractivity contribution in [3.8, 4) is 22.6 Å². The Hall–Kier alpha value is -1.42. The maximum absolute atomic E-state index is 14.0. The predicted octanol–water partition coefficient (Wildman–Crippen LogP) is 5.12. The number of benzene rings is 2. The number of phenols is 2. The highest BCUT2D eigenvalue weighted by Crippen LogP contribution is 2.44. The van der Waals surface area contributed by atoms with Gasteiger partial charge < -0.3 is 10.2 Å². The molecule has 0 amide bonds. The fourth-order valence-electron chi connectivity index (χ4n) is 1.68. The van der Waals surface area contributed by atoms with Crippen LogP contribution in [0.15, 0.2) is 8.95 Å². The Labute approximate surface area is 135 Å². The quantitative estimate of drug-likeness (QED) is 0.466. The molecule has 2 rings (SSSR count). The molecule has 0 spiro atoms. The zero-order chi connectivity index (χ0) is 16.9. The second-order valence-corrected chi connectivity index (χ2v) is 5.55. The summed E-state index contributed by atoms with van der Waals surface area (Å²) in [4.78, 5) is 0. The van der Waals surface area contributed by atoms with Gasteiger partial charge in [-0.25, -0.2) is 17.6 Å². The first-order chi connectivity index (χ1) is 10.1. The molecule has 0 atom stereocenters. The van der Waals surface area contributed by atoms with Gasteiger partial charge in [0.25, 0.3) is 0 Å². The monoisotopic (exact) mass is 450 g/mol. The lowest BCUT2D eigenvalue weighted by Gasteiger charge is -2.13. The SMILES string of the molecule is Oc1c(F)c(F)c(-c2c(F)c(F)c(O)c(Br)c2F)c(F)c1Br. The summed E-state index contributed by atoms with van der Waals surface area (Å²) in [6, 6.07) is 0. The maximum Gasteiger partial charge on any atom is 0.202 e. The van der Waals surface area contributed by atoms with Gasteiger partial charge >= 0.3 is 0 Å². The van der Waals surface area contributed by atoms with Gasteiger partial charge in [0, 0.05) is 0 Å². The highest BCUT2D eigenvalue weighted by Gasteiger charge is 2.32. The van der Waals surface area contributed by atoms with Gasteiger partial charge in [0.05, 0.1) is 20.1 Å². The van der Waals surface area contributed by atoms with Crippen molar-refractivity contribution in [1.29, 1.82) is 0 Å². The number of hydrogen-bond donors (Lipinski definition) is 2. The molecule has 2 nitrogen and oxygen atoms in total. The molecule has 22 heavy (non-hydrogen) atoms. The standard InChI is InChI=1S/C12H2Br2F6O2/c13-3-5(15)1(7(17)9(19)11(3)21)2-6(16)4(14)12(22)10(20)8(2)18/h21-22H. The van der Waals surface area contributed by atoms with Crippen molar-refractivity contribution in [1.82, 2.24) is 0 Å². The molecular formula is C12H2Br2F6O2. The van der Waals surface area contributed by atoms with E-state index in [2.05, 4.69) is 31.9 Å². The third kappa shape index (κ3) is 2.24. The van der Waals surface area contributed by atoms with Crippen LogP contribution in [0.2, 0.25) is 0 Å². The smallest absolute Gasteiger partial charge is 0.202 e. The summed E-state index contributed by atoms with van der Waals surface area (Å²) < 4.78 is 80.4. The van der Waals surface area contributed by atoms with Crippen LogP contribution in [0.1, 0.15) is 0 Å². The van der Waals surface area contributed by atoms with E-state index in [4.69, 9.17) is 10.2 Å². The van der Waals surface area contributed by atoms with Crippen LogP contribution in [0, 0.1) is 34.9 Å². The average molecular weight is 452 g/mol. The summed E-state index contributed by atoms with van der Waals surface area (Å²) in [6.07, 6.45) is 0. The van der Waals surface area contributed by atoms with Crippen LogP contribution in [0.25, 0.3) is 11.1 Å². The molecule has 0 aromatic heterocycles. The molecule has 0 aliphatic heterocycles. The molecule has 0 heterocycles. The Morgan fingerprint density at radius 3 is 1.05 bits per heavy atom. The third-order valence-corrected chi connectivity index (χ3v) is 4.18. The van der Waals surface area contributed by atoms with Crippen molar-refractivity contribution < 1.29 is 36.6 Å². The number of phenolic OH excluding ortho intramolecular Hbond substituents is 2. The molecule has 0 saturated heterocycles. The Bertz CT molecular complexity index is 684. The molecule has 2 aromatic carbocycles. The lowest BCUT2D eigenvalue weighted by atomic mass is 10.0.